The fraction of sp³-hybridized carbons (Fsp3) is 0.286. The summed E-state index contributed by atoms with van der Waals surface area (Å²) < 4.78 is 23.1. The van der Waals surface area contributed by atoms with E-state index in [2.05, 4.69) is 11.8 Å². The SMILES string of the molecule is C(#Cc1ccc(OCOC2CCC(OCOc3ccccc3)CC2)cc1)c1ccccc1. The second-order valence-electron chi connectivity index (χ2n) is 7.71. The molecule has 32 heavy (non-hydrogen) atoms. The first kappa shape index (κ1) is 22.0. The molecule has 0 unspecified atom stereocenters. The average molecular weight is 429 g/mol. The van der Waals surface area contributed by atoms with E-state index in [9.17, 15) is 0 Å². The molecule has 0 bridgehead atoms. The number of para-hydroxylation sites is 1. The van der Waals surface area contributed by atoms with Gasteiger partial charge in [0.2, 0.25) is 0 Å². The van der Waals surface area contributed by atoms with E-state index in [0.717, 1.165) is 48.3 Å². The van der Waals surface area contributed by atoms with Crippen LogP contribution in [0.5, 0.6) is 11.5 Å². The number of ether oxygens (including phenoxy) is 4. The maximum atomic E-state index is 5.91. The molecular weight excluding hydrogens is 400 g/mol. The van der Waals surface area contributed by atoms with Crippen molar-refractivity contribution in [1.82, 2.24) is 0 Å². The third kappa shape index (κ3) is 7.16. The summed E-state index contributed by atoms with van der Waals surface area (Å²) >= 11 is 0. The highest BCUT2D eigenvalue weighted by Gasteiger charge is 2.22. The molecular formula is C28H28O4. The first-order valence-electron chi connectivity index (χ1n) is 11.1. The molecule has 0 N–H and O–H groups in total. The first-order valence-corrected chi connectivity index (χ1v) is 11.1. The van der Waals surface area contributed by atoms with Gasteiger partial charge in [-0.05, 0) is 74.2 Å². The summed E-state index contributed by atoms with van der Waals surface area (Å²) in [4.78, 5) is 0. The van der Waals surface area contributed by atoms with Crippen LogP contribution in [-0.2, 0) is 9.47 Å². The first-order chi connectivity index (χ1) is 15.8. The van der Waals surface area contributed by atoms with Gasteiger partial charge in [-0.15, -0.1) is 0 Å². The van der Waals surface area contributed by atoms with E-state index >= 15 is 0 Å². The molecule has 1 aliphatic carbocycles. The van der Waals surface area contributed by atoms with Crippen molar-refractivity contribution < 1.29 is 18.9 Å². The zero-order chi connectivity index (χ0) is 21.8. The van der Waals surface area contributed by atoms with Crippen LogP contribution < -0.4 is 9.47 Å². The Bertz CT molecular complexity index is 982. The van der Waals surface area contributed by atoms with Crippen LogP contribution in [0.2, 0.25) is 0 Å². The van der Waals surface area contributed by atoms with Gasteiger partial charge in [0.25, 0.3) is 0 Å². The van der Waals surface area contributed by atoms with Gasteiger partial charge < -0.3 is 18.9 Å². The lowest BCUT2D eigenvalue weighted by atomic mass is 9.95. The van der Waals surface area contributed by atoms with E-state index in [4.69, 9.17) is 18.9 Å². The van der Waals surface area contributed by atoms with E-state index < -0.39 is 0 Å². The van der Waals surface area contributed by atoms with Crippen LogP contribution in [0.3, 0.4) is 0 Å². The smallest absolute Gasteiger partial charge is 0.189 e. The van der Waals surface area contributed by atoms with Crippen LogP contribution in [0.4, 0.5) is 0 Å². The van der Waals surface area contributed by atoms with E-state index in [1.165, 1.54) is 0 Å². The molecule has 0 radical (unpaired) electrons. The Morgan fingerprint density at radius 1 is 0.531 bits per heavy atom. The highest BCUT2D eigenvalue weighted by molar-refractivity contribution is 5.44. The minimum Gasteiger partial charge on any atom is -0.468 e. The molecule has 4 rings (SSSR count). The predicted octanol–water partition coefficient (Wildman–Crippen LogP) is 5.80. The van der Waals surface area contributed by atoms with Crippen molar-refractivity contribution >= 4 is 0 Å². The van der Waals surface area contributed by atoms with Crippen molar-refractivity contribution in [2.75, 3.05) is 13.6 Å². The normalized spacial score (nSPS) is 17.8. The molecule has 1 saturated carbocycles. The molecule has 4 nitrogen and oxygen atoms in total. The van der Waals surface area contributed by atoms with Crippen LogP contribution in [0.25, 0.3) is 0 Å². The molecule has 0 amide bonds. The molecule has 164 valence electrons. The molecule has 0 atom stereocenters. The lowest BCUT2D eigenvalue weighted by Crippen LogP contribution is -2.28. The average Bonchev–Trinajstić information content (AvgIpc) is 2.86. The molecule has 3 aromatic rings. The van der Waals surface area contributed by atoms with Crippen molar-refractivity contribution in [2.45, 2.75) is 37.9 Å². The van der Waals surface area contributed by atoms with E-state index in [0.29, 0.717) is 0 Å². The van der Waals surface area contributed by atoms with Gasteiger partial charge >= 0.3 is 0 Å². The molecule has 1 aliphatic rings. The van der Waals surface area contributed by atoms with Gasteiger partial charge in [-0.25, -0.2) is 0 Å². The molecule has 0 aromatic heterocycles. The van der Waals surface area contributed by atoms with Crippen LogP contribution in [0, 0.1) is 11.8 Å². The molecule has 3 aromatic carbocycles. The molecule has 4 heteroatoms. The van der Waals surface area contributed by atoms with Gasteiger partial charge in [-0.1, -0.05) is 48.2 Å². The lowest BCUT2D eigenvalue weighted by molar-refractivity contribution is -0.0932. The third-order valence-corrected chi connectivity index (χ3v) is 5.40. The molecule has 0 aliphatic heterocycles. The highest BCUT2D eigenvalue weighted by atomic mass is 16.7. The number of rotatable bonds is 8. The van der Waals surface area contributed by atoms with Crippen molar-refractivity contribution in [2.24, 2.45) is 0 Å². The van der Waals surface area contributed by atoms with Crippen molar-refractivity contribution in [3.8, 4) is 23.3 Å². The topological polar surface area (TPSA) is 36.9 Å². The minimum atomic E-state index is 0.209. The van der Waals surface area contributed by atoms with E-state index in [-0.39, 0.29) is 25.8 Å². The summed E-state index contributed by atoms with van der Waals surface area (Å²) in [6.45, 7) is 0.539. The quantitative estimate of drug-likeness (QED) is 0.335. The fourth-order valence-electron chi connectivity index (χ4n) is 3.58. The summed E-state index contributed by atoms with van der Waals surface area (Å²) in [7, 11) is 0. The number of hydrogen-bond donors (Lipinski definition) is 0. The van der Waals surface area contributed by atoms with Crippen LogP contribution in [0.1, 0.15) is 36.8 Å². The van der Waals surface area contributed by atoms with Gasteiger partial charge in [-0.3, -0.25) is 0 Å². The van der Waals surface area contributed by atoms with Gasteiger partial charge in [-0.2, -0.15) is 0 Å². The van der Waals surface area contributed by atoms with E-state index in [1.807, 2.05) is 84.9 Å². The van der Waals surface area contributed by atoms with E-state index in [1.54, 1.807) is 0 Å². The summed E-state index contributed by atoms with van der Waals surface area (Å²) in [5.74, 6) is 7.94. The molecule has 0 heterocycles. The van der Waals surface area contributed by atoms with Gasteiger partial charge in [0.15, 0.2) is 13.6 Å². The van der Waals surface area contributed by atoms with Gasteiger partial charge in [0.05, 0.1) is 12.2 Å². The van der Waals surface area contributed by atoms with Crippen molar-refractivity contribution in [3.05, 3.63) is 96.1 Å². The Hall–Kier alpha value is -3.26. The van der Waals surface area contributed by atoms with Crippen LogP contribution >= 0.6 is 0 Å². The maximum Gasteiger partial charge on any atom is 0.189 e. The Balaban J connectivity index is 1.11. The Morgan fingerprint density at radius 3 is 1.50 bits per heavy atom. The monoisotopic (exact) mass is 428 g/mol. The maximum absolute atomic E-state index is 5.91. The van der Waals surface area contributed by atoms with Gasteiger partial charge in [0.1, 0.15) is 11.5 Å². The summed E-state index contributed by atoms with van der Waals surface area (Å²) in [5.41, 5.74) is 1.96. The number of hydrogen-bond acceptors (Lipinski definition) is 4. The minimum absolute atomic E-state index is 0.209. The standard InChI is InChI=1S/C28H28O4/c1-3-7-23(8-4-1)11-12-24-13-15-26(16-14-24)30-22-32-28-19-17-27(18-20-28)31-21-29-25-9-5-2-6-10-25/h1-10,13-16,27-28H,17-22H2. The molecule has 1 fully saturated rings. The van der Waals surface area contributed by atoms with Crippen molar-refractivity contribution in [1.29, 1.82) is 0 Å². The highest BCUT2D eigenvalue weighted by Crippen LogP contribution is 2.24. The number of benzene rings is 3. The Labute approximate surface area is 190 Å². The zero-order valence-electron chi connectivity index (χ0n) is 18.1. The van der Waals surface area contributed by atoms with Crippen LogP contribution in [-0.4, -0.2) is 25.8 Å². The summed E-state index contributed by atoms with van der Waals surface area (Å²) in [6, 6.07) is 27.5. The van der Waals surface area contributed by atoms with Gasteiger partial charge in [0, 0.05) is 11.1 Å². The molecule has 0 spiro atoms. The zero-order valence-corrected chi connectivity index (χ0v) is 18.1. The summed E-state index contributed by atoms with van der Waals surface area (Å²) in [5, 5.41) is 0. The van der Waals surface area contributed by atoms with Crippen molar-refractivity contribution in [3.63, 3.8) is 0 Å². The fourth-order valence-corrected chi connectivity index (χ4v) is 3.58. The predicted molar refractivity (Wildman–Crippen MR) is 125 cm³/mol. The second-order valence-corrected chi connectivity index (χ2v) is 7.71. The third-order valence-electron chi connectivity index (χ3n) is 5.40. The Morgan fingerprint density at radius 2 is 0.969 bits per heavy atom. The molecule has 0 saturated heterocycles. The van der Waals surface area contributed by atoms with Crippen LogP contribution in [0.15, 0.2) is 84.9 Å². The summed E-state index contributed by atoms with van der Waals surface area (Å²) in [6.07, 6.45) is 4.31. The Kier molecular flexibility index (Phi) is 8.20. The lowest BCUT2D eigenvalue weighted by Gasteiger charge is -2.28. The largest absolute Gasteiger partial charge is 0.468 e. The second kappa shape index (κ2) is 12.0.